The normalized spacial score (nSPS) is 11.2. The van der Waals surface area contributed by atoms with Crippen molar-refractivity contribution in [3.05, 3.63) is 42.0 Å². The van der Waals surface area contributed by atoms with Crippen LogP contribution in [0.5, 0.6) is 5.75 Å². The number of hydrogen-bond acceptors (Lipinski definition) is 1. The van der Waals surface area contributed by atoms with E-state index in [1.54, 1.807) is 0 Å². The predicted molar refractivity (Wildman–Crippen MR) is 70.5 cm³/mol. The fourth-order valence-electron chi connectivity index (χ4n) is 1.43. The van der Waals surface area contributed by atoms with E-state index in [1.807, 2.05) is 18.2 Å². The van der Waals surface area contributed by atoms with E-state index in [4.69, 9.17) is 16.3 Å². The quantitative estimate of drug-likeness (QED) is 0.566. The Hall–Kier alpha value is -0.950. The molecule has 1 nitrogen and oxygen atoms in total. The Kier molecular flexibility index (Phi) is 4.43. The van der Waals surface area contributed by atoms with Crippen LogP contribution >= 0.6 is 11.6 Å². The lowest BCUT2D eigenvalue weighted by molar-refractivity contribution is 0.342. The predicted octanol–water partition coefficient (Wildman–Crippen LogP) is 4.16. The van der Waals surface area contributed by atoms with Crippen LogP contribution in [0.4, 0.5) is 0 Å². The van der Waals surface area contributed by atoms with E-state index in [1.165, 1.54) is 5.56 Å². The number of para-hydroxylation sites is 1. The topological polar surface area (TPSA) is 9.23 Å². The van der Waals surface area contributed by atoms with Gasteiger partial charge >= 0.3 is 0 Å². The van der Waals surface area contributed by atoms with Gasteiger partial charge in [0, 0.05) is 5.88 Å². The fourth-order valence-corrected chi connectivity index (χ4v) is 1.51. The summed E-state index contributed by atoms with van der Waals surface area (Å²) in [6, 6.07) is 8.10. The lowest BCUT2D eigenvalue weighted by Crippen LogP contribution is -2.14. The van der Waals surface area contributed by atoms with Gasteiger partial charge in [0.05, 0.1) is 0 Å². The Morgan fingerprint density at radius 2 is 1.94 bits per heavy atom. The molecule has 0 fully saturated rings. The molecule has 0 N–H and O–H groups in total. The molecule has 0 radical (unpaired) electrons. The van der Waals surface area contributed by atoms with Gasteiger partial charge in [-0.25, -0.2) is 0 Å². The van der Waals surface area contributed by atoms with Gasteiger partial charge in [-0.2, -0.15) is 0 Å². The van der Waals surface area contributed by atoms with Gasteiger partial charge in [0.2, 0.25) is 0 Å². The van der Waals surface area contributed by atoms with Gasteiger partial charge in [0.25, 0.3) is 0 Å². The van der Waals surface area contributed by atoms with Crippen molar-refractivity contribution in [1.29, 1.82) is 0 Å². The van der Waals surface area contributed by atoms with Crippen molar-refractivity contribution in [2.45, 2.75) is 26.2 Å². The second-order valence-corrected chi connectivity index (χ2v) is 5.19. The third-order valence-electron chi connectivity index (χ3n) is 2.32. The summed E-state index contributed by atoms with van der Waals surface area (Å²) >= 11 is 5.67. The lowest BCUT2D eigenvalue weighted by atomic mass is 9.86. The van der Waals surface area contributed by atoms with Gasteiger partial charge in [-0.15, -0.1) is 11.6 Å². The third kappa shape index (κ3) is 3.57. The highest BCUT2D eigenvalue weighted by molar-refractivity contribution is 6.19. The summed E-state index contributed by atoms with van der Waals surface area (Å²) in [4.78, 5) is 0. The number of benzene rings is 1. The zero-order valence-corrected chi connectivity index (χ0v) is 11.0. The zero-order chi connectivity index (χ0) is 12.2. The number of ether oxygens (including phenoxy) is 1. The molecule has 0 aliphatic rings. The fraction of sp³-hybridized carbons (Fsp3) is 0.429. The van der Waals surface area contributed by atoms with Crippen molar-refractivity contribution < 1.29 is 4.74 Å². The maximum Gasteiger partial charge on any atom is 0.123 e. The monoisotopic (exact) mass is 238 g/mol. The molecule has 1 aromatic rings. The third-order valence-corrected chi connectivity index (χ3v) is 2.69. The molecule has 0 heterocycles. The summed E-state index contributed by atoms with van der Waals surface area (Å²) in [5.41, 5.74) is 2.18. The molecule has 0 unspecified atom stereocenters. The highest BCUT2D eigenvalue weighted by atomic mass is 35.5. The van der Waals surface area contributed by atoms with E-state index in [2.05, 4.69) is 33.4 Å². The Bertz CT molecular complexity index is 363. The second kappa shape index (κ2) is 5.40. The van der Waals surface area contributed by atoms with E-state index in [9.17, 15) is 0 Å². The van der Waals surface area contributed by atoms with Crippen molar-refractivity contribution in [2.75, 3.05) is 12.5 Å². The van der Waals surface area contributed by atoms with E-state index < -0.39 is 0 Å². The van der Waals surface area contributed by atoms with Crippen LogP contribution in [-0.4, -0.2) is 12.5 Å². The van der Waals surface area contributed by atoms with Crippen LogP contribution in [-0.2, 0) is 5.41 Å². The van der Waals surface area contributed by atoms with Crippen LogP contribution in [0.3, 0.4) is 0 Å². The minimum absolute atomic E-state index is 0.0822. The van der Waals surface area contributed by atoms with Gasteiger partial charge in [-0.3, -0.25) is 0 Å². The second-order valence-electron chi connectivity index (χ2n) is 4.92. The van der Waals surface area contributed by atoms with Crippen molar-refractivity contribution in [2.24, 2.45) is 0 Å². The summed E-state index contributed by atoms with van der Waals surface area (Å²) in [6.45, 7) is 10.8. The molecule has 0 amide bonds. The molecule has 0 bridgehead atoms. The van der Waals surface area contributed by atoms with Gasteiger partial charge < -0.3 is 4.74 Å². The van der Waals surface area contributed by atoms with E-state index >= 15 is 0 Å². The summed E-state index contributed by atoms with van der Waals surface area (Å²) in [7, 11) is 0. The molecule has 1 rings (SSSR count). The summed E-state index contributed by atoms with van der Waals surface area (Å²) < 4.78 is 5.73. The average Bonchev–Trinajstić information content (AvgIpc) is 2.25. The molecule has 0 atom stereocenters. The van der Waals surface area contributed by atoms with E-state index in [-0.39, 0.29) is 5.41 Å². The Morgan fingerprint density at radius 1 is 1.31 bits per heavy atom. The molecule has 0 spiro atoms. The zero-order valence-electron chi connectivity index (χ0n) is 10.2. The minimum Gasteiger partial charge on any atom is -0.489 e. The molecular formula is C14H19ClO. The molecule has 16 heavy (non-hydrogen) atoms. The van der Waals surface area contributed by atoms with Crippen LogP contribution in [0.15, 0.2) is 36.4 Å². The number of rotatable bonds is 4. The smallest absolute Gasteiger partial charge is 0.123 e. The Morgan fingerprint density at radius 3 is 2.50 bits per heavy atom. The molecule has 88 valence electrons. The van der Waals surface area contributed by atoms with E-state index in [0.717, 1.165) is 11.3 Å². The Labute approximate surface area is 103 Å². The van der Waals surface area contributed by atoms with Crippen molar-refractivity contribution in [3.8, 4) is 5.75 Å². The first kappa shape index (κ1) is 13.1. The molecule has 2 heteroatoms. The molecule has 0 aliphatic heterocycles. The van der Waals surface area contributed by atoms with Crippen LogP contribution in [0, 0.1) is 0 Å². The van der Waals surface area contributed by atoms with Crippen LogP contribution in [0.1, 0.15) is 26.3 Å². The standard InChI is InChI=1S/C14H19ClO/c1-11(9-15)10-16-13-8-6-5-7-12(13)14(2,3)4/h5-8H,1,9-10H2,2-4H3. The average molecular weight is 239 g/mol. The first-order chi connectivity index (χ1) is 7.45. The number of halogens is 1. The number of alkyl halides is 1. The van der Waals surface area contributed by atoms with Crippen LogP contribution < -0.4 is 4.74 Å². The van der Waals surface area contributed by atoms with Crippen molar-refractivity contribution in [1.82, 2.24) is 0 Å². The Balaban J connectivity index is 2.84. The minimum atomic E-state index is 0.0822. The van der Waals surface area contributed by atoms with Gasteiger partial charge in [-0.1, -0.05) is 45.5 Å². The van der Waals surface area contributed by atoms with Crippen molar-refractivity contribution >= 4 is 11.6 Å². The molecular weight excluding hydrogens is 220 g/mol. The van der Waals surface area contributed by atoms with Crippen LogP contribution in [0.2, 0.25) is 0 Å². The SMILES string of the molecule is C=C(CCl)COc1ccccc1C(C)(C)C. The summed E-state index contributed by atoms with van der Waals surface area (Å²) in [6.07, 6.45) is 0. The van der Waals surface area contributed by atoms with Crippen molar-refractivity contribution in [3.63, 3.8) is 0 Å². The van der Waals surface area contributed by atoms with Gasteiger partial charge in [0.15, 0.2) is 0 Å². The summed E-state index contributed by atoms with van der Waals surface area (Å²) in [5, 5.41) is 0. The first-order valence-electron chi connectivity index (χ1n) is 5.40. The highest BCUT2D eigenvalue weighted by Gasteiger charge is 2.18. The molecule has 0 aliphatic carbocycles. The first-order valence-corrected chi connectivity index (χ1v) is 5.93. The lowest BCUT2D eigenvalue weighted by Gasteiger charge is -2.22. The largest absolute Gasteiger partial charge is 0.489 e. The summed E-state index contributed by atoms with van der Waals surface area (Å²) in [5.74, 6) is 1.36. The molecule has 0 saturated carbocycles. The molecule has 0 saturated heterocycles. The van der Waals surface area contributed by atoms with Gasteiger partial charge in [0.1, 0.15) is 12.4 Å². The molecule has 1 aromatic carbocycles. The number of hydrogen-bond donors (Lipinski definition) is 0. The van der Waals surface area contributed by atoms with Crippen LogP contribution in [0.25, 0.3) is 0 Å². The molecule has 0 aromatic heterocycles. The maximum absolute atomic E-state index is 5.73. The highest BCUT2D eigenvalue weighted by Crippen LogP contribution is 2.31. The van der Waals surface area contributed by atoms with E-state index in [0.29, 0.717) is 12.5 Å². The maximum atomic E-state index is 5.73. The van der Waals surface area contributed by atoms with Gasteiger partial charge in [-0.05, 0) is 22.6 Å².